The Morgan fingerprint density at radius 3 is 2.67 bits per heavy atom. The van der Waals surface area contributed by atoms with E-state index in [4.69, 9.17) is 14.2 Å². The van der Waals surface area contributed by atoms with Crippen molar-refractivity contribution in [3.63, 3.8) is 0 Å². The molecule has 0 bridgehead atoms. The van der Waals surface area contributed by atoms with Gasteiger partial charge in [-0.3, -0.25) is 4.79 Å². The highest BCUT2D eigenvalue weighted by Gasteiger charge is 2.35. The van der Waals surface area contributed by atoms with Gasteiger partial charge in [-0.05, 0) is 58.0 Å². The van der Waals surface area contributed by atoms with Crippen molar-refractivity contribution in [2.24, 2.45) is 0 Å². The lowest BCUT2D eigenvalue weighted by Gasteiger charge is -2.38. The Labute approximate surface area is 160 Å². The fraction of sp³-hybridized carbons (Fsp3) is 0.409. The van der Waals surface area contributed by atoms with E-state index < -0.39 is 0 Å². The lowest BCUT2D eigenvalue weighted by atomic mass is 9.89. The molecule has 0 spiro atoms. The van der Waals surface area contributed by atoms with Gasteiger partial charge in [0.15, 0.2) is 0 Å². The lowest BCUT2D eigenvalue weighted by Crippen LogP contribution is -2.41. The molecule has 2 aromatic carbocycles. The second kappa shape index (κ2) is 7.51. The van der Waals surface area contributed by atoms with Gasteiger partial charge in [0.1, 0.15) is 22.8 Å². The average Bonchev–Trinajstić information content (AvgIpc) is 2.60. The summed E-state index contributed by atoms with van der Waals surface area (Å²) in [5, 5.41) is 3.16. The van der Waals surface area contributed by atoms with E-state index in [1.165, 1.54) is 0 Å². The van der Waals surface area contributed by atoms with Crippen LogP contribution in [0, 0.1) is 0 Å². The van der Waals surface area contributed by atoms with Crippen molar-refractivity contribution >= 4 is 5.91 Å². The molecule has 144 valence electrons. The third-order valence-corrected chi connectivity index (χ3v) is 4.47. The van der Waals surface area contributed by atoms with E-state index in [0.717, 1.165) is 17.1 Å². The van der Waals surface area contributed by atoms with Crippen molar-refractivity contribution in [2.45, 2.75) is 51.9 Å². The summed E-state index contributed by atoms with van der Waals surface area (Å²) in [6.45, 7) is 7.93. The summed E-state index contributed by atoms with van der Waals surface area (Å²) in [5.74, 6) is 1.92. The van der Waals surface area contributed by atoms with Crippen molar-refractivity contribution in [3.8, 4) is 17.2 Å². The Bertz CT molecular complexity index is 829. The summed E-state index contributed by atoms with van der Waals surface area (Å²) in [4.78, 5) is 13.0. The zero-order valence-electron chi connectivity index (χ0n) is 16.5. The molecule has 1 aliphatic heterocycles. The van der Waals surface area contributed by atoms with Crippen LogP contribution in [0.3, 0.4) is 0 Å². The number of hydrogen-bond donors (Lipinski definition) is 1. The van der Waals surface area contributed by atoms with Gasteiger partial charge in [0.25, 0.3) is 5.91 Å². The maximum absolute atomic E-state index is 13.0. The largest absolute Gasteiger partial charge is 0.497 e. The lowest BCUT2D eigenvalue weighted by molar-refractivity contribution is 0.0617. The van der Waals surface area contributed by atoms with Crippen molar-refractivity contribution in [1.29, 1.82) is 0 Å². The van der Waals surface area contributed by atoms with Crippen LogP contribution < -0.4 is 19.5 Å². The number of carbonyl (C=O) groups is 1. The molecule has 2 aromatic rings. The van der Waals surface area contributed by atoms with E-state index in [1.54, 1.807) is 13.2 Å². The SMILES string of the molecule is COc1ccc2c(c1)C(NC(=O)c1ccccc1OC(C)C)CC(C)(C)O2. The Balaban J connectivity index is 1.90. The van der Waals surface area contributed by atoms with Crippen LogP contribution in [-0.4, -0.2) is 24.7 Å². The van der Waals surface area contributed by atoms with Crippen LogP contribution in [0.15, 0.2) is 42.5 Å². The molecule has 1 atom stereocenters. The molecule has 1 amide bonds. The average molecular weight is 369 g/mol. The molecule has 1 heterocycles. The molecule has 0 fully saturated rings. The van der Waals surface area contributed by atoms with Crippen LogP contribution in [0.1, 0.15) is 56.1 Å². The number of rotatable bonds is 5. The maximum atomic E-state index is 13.0. The number of benzene rings is 2. The third kappa shape index (κ3) is 4.35. The minimum Gasteiger partial charge on any atom is -0.497 e. The van der Waals surface area contributed by atoms with Crippen LogP contribution in [0.5, 0.6) is 17.2 Å². The number of hydrogen-bond acceptors (Lipinski definition) is 4. The molecule has 3 rings (SSSR count). The fourth-order valence-corrected chi connectivity index (χ4v) is 3.34. The van der Waals surface area contributed by atoms with Gasteiger partial charge in [0.05, 0.1) is 24.8 Å². The number of ether oxygens (including phenoxy) is 3. The highest BCUT2D eigenvalue weighted by molar-refractivity contribution is 5.97. The summed E-state index contributed by atoms with van der Waals surface area (Å²) >= 11 is 0. The summed E-state index contributed by atoms with van der Waals surface area (Å²) in [6.07, 6.45) is 0.650. The highest BCUT2D eigenvalue weighted by atomic mass is 16.5. The number of amides is 1. The van der Waals surface area contributed by atoms with E-state index in [-0.39, 0.29) is 23.7 Å². The second-order valence-electron chi connectivity index (χ2n) is 7.66. The van der Waals surface area contributed by atoms with E-state index >= 15 is 0 Å². The quantitative estimate of drug-likeness (QED) is 0.842. The molecular formula is C22H27NO4. The topological polar surface area (TPSA) is 56.8 Å². The Kier molecular flexibility index (Phi) is 5.31. The van der Waals surface area contributed by atoms with Crippen LogP contribution in [-0.2, 0) is 0 Å². The van der Waals surface area contributed by atoms with E-state index in [0.29, 0.717) is 17.7 Å². The van der Waals surface area contributed by atoms with Crippen LogP contribution in [0.4, 0.5) is 0 Å². The van der Waals surface area contributed by atoms with Gasteiger partial charge in [0, 0.05) is 12.0 Å². The fourth-order valence-electron chi connectivity index (χ4n) is 3.34. The maximum Gasteiger partial charge on any atom is 0.255 e. The molecule has 1 N–H and O–H groups in total. The van der Waals surface area contributed by atoms with Gasteiger partial charge < -0.3 is 19.5 Å². The van der Waals surface area contributed by atoms with E-state index in [1.807, 2.05) is 64.1 Å². The number of fused-ring (bicyclic) bond motifs is 1. The minimum atomic E-state index is -0.381. The van der Waals surface area contributed by atoms with Gasteiger partial charge in [-0.15, -0.1) is 0 Å². The molecule has 5 heteroatoms. The molecule has 27 heavy (non-hydrogen) atoms. The molecule has 0 saturated heterocycles. The van der Waals surface area contributed by atoms with Crippen molar-refractivity contribution in [3.05, 3.63) is 53.6 Å². The zero-order chi connectivity index (χ0) is 19.6. The minimum absolute atomic E-state index is 0.00838. The molecule has 1 unspecified atom stereocenters. The van der Waals surface area contributed by atoms with Gasteiger partial charge in [0.2, 0.25) is 0 Å². The van der Waals surface area contributed by atoms with Crippen molar-refractivity contribution in [1.82, 2.24) is 5.32 Å². The number of carbonyl (C=O) groups excluding carboxylic acids is 1. The first-order chi connectivity index (χ1) is 12.8. The zero-order valence-corrected chi connectivity index (χ0v) is 16.5. The summed E-state index contributed by atoms with van der Waals surface area (Å²) in [6, 6.07) is 12.8. The normalized spacial score (nSPS) is 17.6. The van der Waals surface area contributed by atoms with Gasteiger partial charge >= 0.3 is 0 Å². The summed E-state index contributed by atoms with van der Waals surface area (Å²) in [5.41, 5.74) is 1.07. The van der Waals surface area contributed by atoms with Crippen molar-refractivity contribution in [2.75, 3.05) is 7.11 Å². The second-order valence-corrected chi connectivity index (χ2v) is 7.66. The molecule has 0 aliphatic carbocycles. The van der Waals surface area contributed by atoms with Crippen LogP contribution in [0.25, 0.3) is 0 Å². The van der Waals surface area contributed by atoms with E-state index in [2.05, 4.69) is 5.32 Å². The summed E-state index contributed by atoms with van der Waals surface area (Å²) < 4.78 is 17.2. The Morgan fingerprint density at radius 2 is 1.96 bits per heavy atom. The third-order valence-electron chi connectivity index (χ3n) is 4.47. The van der Waals surface area contributed by atoms with Gasteiger partial charge in [-0.1, -0.05) is 12.1 Å². The van der Waals surface area contributed by atoms with Gasteiger partial charge in [-0.25, -0.2) is 0 Å². The molecular weight excluding hydrogens is 342 g/mol. The molecule has 5 nitrogen and oxygen atoms in total. The van der Waals surface area contributed by atoms with Crippen LogP contribution in [0.2, 0.25) is 0 Å². The monoisotopic (exact) mass is 369 g/mol. The standard InChI is InChI=1S/C22H27NO4/c1-14(2)26-19-9-7-6-8-16(19)21(24)23-18-13-22(3,4)27-20-11-10-15(25-5)12-17(18)20/h6-12,14,18H,13H2,1-5H3,(H,23,24). The molecule has 0 saturated carbocycles. The van der Waals surface area contributed by atoms with Crippen LogP contribution >= 0.6 is 0 Å². The first-order valence-electron chi connectivity index (χ1n) is 9.22. The molecule has 0 aromatic heterocycles. The van der Waals surface area contributed by atoms with Crippen molar-refractivity contribution < 1.29 is 19.0 Å². The molecule has 0 radical (unpaired) electrons. The predicted molar refractivity (Wildman–Crippen MR) is 105 cm³/mol. The number of methoxy groups -OCH3 is 1. The molecule has 1 aliphatic rings. The van der Waals surface area contributed by atoms with Gasteiger partial charge in [-0.2, -0.15) is 0 Å². The Hall–Kier alpha value is -2.69. The predicted octanol–water partition coefficient (Wildman–Crippen LogP) is 4.51. The number of para-hydroxylation sites is 1. The number of nitrogens with one attached hydrogen (secondary N) is 1. The summed E-state index contributed by atoms with van der Waals surface area (Å²) in [7, 11) is 1.63. The first-order valence-corrected chi connectivity index (χ1v) is 9.22. The Morgan fingerprint density at radius 1 is 1.22 bits per heavy atom. The van der Waals surface area contributed by atoms with E-state index in [9.17, 15) is 4.79 Å². The smallest absolute Gasteiger partial charge is 0.255 e. The first kappa shape index (κ1) is 19.1. The highest BCUT2D eigenvalue weighted by Crippen LogP contribution is 2.41.